The molecule has 1 aliphatic heterocycles. The number of hydrogen-bond acceptors (Lipinski definition) is 4. The molecular formula is C19H22N2O3. The topological polar surface area (TPSA) is 50.8 Å². The van der Waals surface area contributed by atoms with Gasteiger partial charge in [0.05, 0.1) is 18.8 Å². The van der Waals surface area contributed by atoms with E-state index in [0.29, 0.717) is 25.3 Å². The van der Waals surface area contributed by atoms with Crippen molar-refractivity contribution in [2.75, 3.05) is 32.2 Å². The Morgan fingerprint density at radius 3 is 2.58 bits per heavy atom. The maximum absolute atomic E-state index is 12.9. The molecule has 24 heavy (non-hydrogen) atoms. The van der Waals surface area contributed by atoms with E-state index in [1.165, 1.54) is 0 Å². The van der Waals surface area contributed by atoms with Crippen LogP contribution in [0.1, 0.15) is 29.0 Å². The monoisotopic (exact) mass is 326 g/mol. The maximum atomic E-state index is 12.9. The second-order valence-electron chi connectivity index (χ2n) is 5.59. The zero-order chi connectivity index (χ0) is 16.9. The normalized spacial score (nSPS) is 16.5. The lowest BCUT2D eigenvalue weighted by molar-refractivity contribution is 0.0609. The fourth-order valence-electron chi connectivity index (χ4n) is 2.89. The van der Waals surface area contributed by atoms with Gasteiger partial charge < -0.3 is 19.7 Å². The molecule has 1 aliphatic rings. The minimum Gasteiger partial charge on any atom is -0.494 e. The zero-order valence-electron chi connectivity index (χ0n) is 14.0. The highest BCUT2D eigenvalue weighted by Crippen LogP contribution is 2.33. The standard InChI is InChI=1S/C19H22N2O3/c1-3-24-15-10-8-14(9-11-15)18-20-17-7-5-4-6-16(17)19(22)21(18)12-13-23-2/h4-11,18,20H,3,12-13H2,1-2H3/t18-/m1/s1. The van der Waals surface area contributed by atoms with Crippen molar-refractivity contribution in [3.8, 4) is 5.75 Å². The first-order valence-corrected chi connectivity index (χ1v) is 8.13. The third-order valence-corrected chi connectivity index (χ3v) is 4.07. The molecule has 3 rings (SSSR count). The first-order valence-electron chi connectivity index (χ1n) is 8.13. The molecule has 2 aromatic carbocycles. The maximum Gasteiger partial charge on any atom is 0.257 e. The number of nitrogens with one attached hydrogen (secondary N) is 1. The Kier molecular flexibility index (Phi) is 5.01. The molecule has 5 nitrogen and oxygen atoms in total. The summed E-state index contributed by atoms with van der Waals surface area (Å²) >= 11 is 0. The minimum atomic E-state index is -0.224. The summed E-state index contributed by atoms with van der Waals surface area (Å²) in [5.41, 5.74) is 2.56. The second-order valence-corrected chi connectivity index (χ2v) is 5.59. The molecule has 1 amide bonds. The Labute approximate surface area is 142 Å². The van der Waals surface area contributed by atoms with Crippen LogP contribution in [0.2, 0.25) is 0 Å². The largest absolute Gasteiger partial charge is 0.494 e. The van der Waals surface area contributed by atoms with Crippen molar-refractivity contribution in [2.24, 2.45) is 0 Å². The third-order valence-electron chi connectivity index (χ3n) is 4.07. The van der Waals surface area contributed by atoms with E-state index in [2.05, 4.69) is 5.32 Å². The molecule has 0 unspecified atom stereocenters. The van der Waals surface area contributed by atoms with Crippen LogP contribution in [0.5, 0.6) is 5.75 Å². The van der Waals surface area contributed by atoms with Crippen molar-refractivity contribution < 1.29 is 14.3 Å². The van der Waals surface area contributed by atoms with Gasteiger partial charge in [0.1, 0.15) is 11.9 Å². The van der Waals surface area contributed by atoms with Crippen LogP contribution in [0, 0.1) is 0 Å². The second kappa shape index (κ2) is 7.36. The van der Waals surface area contributed by atoms with Crippen LogP contribution < -0.4 is 10.1 Å². The Hall–Kier alpha value is -2.53. The molecule has 0 bridgehead atoms. The van der Waals surface area contributed by atoms with Crippen molar-refractivity contribution in [1.29, 1.82) is 0 Å². The molecule has 0 aromatic heterocycles. The number of fused-ring (bicyclic) bond motifs is 1. The zero-order valence-corrected chi connectivity index (χ0v) is 14.0. The average Bonchev–Trinajstić information content (AvgIpc) is 2.62. The van der Waals surface area contributed by atoms with Crippen LogP contribution in [0.15, 0.2) is 48.5 Å². The van der Waals surface area contributed by atoms with E-state index in [0.717, 1.165) is 17.0 Å². The van der Waals surface area contributed by atoms with Crippen molar-refractivity contribution >= 4 is 11.6 Å². The molecule has 1 atom stereocenters. The van der Waals surface area contributed by atoms with Gasteiger partial charge in [0.25, 0.3) is 5.91 Å². The van der Waals surface area contributed by atoms with E-state index in [1.807, 2.05) is 60.4 Å². The third kappa shape index (κ3) is 3.21. The lowest BCUT2D eigenvalue weighted by Crippen LogP contribution is -2.44. The molecule has 1 heterocycles. The summed E-state index contributed by atoms with van der Waals surface area (Å²) in [4.78, 5) is 14.7. The van der Waals surface area contributed by atoms with Crippen molar-refractivity contribution in [3.05, 3.63) is 59.7 Å². The highest BCUT2D eigenvalue weighted by molar-refractivity contribution is 6.01. The summed E-state index contributed by atoms with van der Waals surface area (Å²) in [5.74, 6) is 0.840. The van der Waals surface area contributed by atoms with Gasteiger partial charge in [0.15, 0.2) is 0 Å². The molecule has 126 valence electrons. The Morgan fingerprint density at radius 1 is 1.12 bits per heavy atom. The summed E-state index contributed by atoms with van der Waals surface area (Å²) in [6.45, 7) is 3.60. The summed E-state index contributed by atoms with van der Waals surface area (Å²) in [6.07, 6.45) is -0.224. The van der Waals surface area contributed by atoms with Crippen molar-refractivity contribution in [1.82, 2.24) is 4.90 Å². The number of hydrogen-bond donors (Lipinski definition) is 1. The van der Waals surface area contributed by atoms with E-state index < -0.39 is 0 Å². The number of rotatable bonds is 6. The molecule has 1 N–H and O–H groups in total. The SMILES string of the molecule is CCOc1ccc([C@@H]2Nc3ccccc3C(=O)N2CCOC)cc1. The number of ether oxygens (including phenoxy) is 2. The van der Waals surface area contributed by atoms with Crippen LogP contribution in [-0.2, 0) is 4.74 Å². The number of carbonyl (C=O) groups excluding carboxylic acids is 1. The Balaban J connectivity index is 1.92. The minimum absolute atomic E-state index is 0.0142. The lowest BCUT2D eigenvalue weighted by Gasteiger charge is -2.38. The van der Waals surface area contributed by atoms with Gasteiger partial charge >= 0.3 is 0 Å². The summed E-state index contributed by atoms with van der Waals surface area (Å²) in [5, 5.41) is 3.46. The number of methoxy groups -OCH3 is 1. The average molecular weight is 326 g/mol. The van der Waals surface area contributed by atoms with E-state index >= 15 is 0 Å². The van der Waals surface area contributed by atoms with Gasteiger partial charge in [0.2, 0.25) is 0 Å². The molecule has 0 spiro atoms. The van der Waals surface area contributed by atoms with Crippen LogP contribution >= 0.6 is 0 Å². The number of amides is 1. The number of carbonyl (C=O) groups is 1. The highest BCUT2D eigenvalue weighted by atomic mass is 16.5. The molecule has 0 fully saturated rings. The lowest BCUT2D eigenvalue weighted by atomic mass is 10.0. The first kappa shape index (κ1) is 16.3. The summed E-state index contributed by atoms with van der Waals surface area (Å²) in [6, 6.07) is 15.4. The molecule has 2 aromatic rings. The fourth-order valence-corrected chi connectivity index (χ4v) is 2.89. The molecule has 0 saturated heterocycles. The number of benzene rings is 2. The fraction of sp³-hybridized carbons (Fsp3) is 0.316. The van der Waals surface area contributed by atoms with E-state index in [4.69, 9.17) is 9.47 Å². The van der Waals surface area contributed by atoms with Gasteiger partial charge in [0, 0.05) is 19.3 Å². The predicted octanol–water partition coefficient (Wildman–Crippen LogP) is 3.30. The van der Waals surface area contributed by atoms with Gasteiger partial charge in [-0.25, -0.2) is 0 Å². The summed E-state index contributed by atoms with van der Waals surface area (Å²) in [7, 11) is 1.64. The van der Waals surface area contributed by atoms with Crippen LogP contribution in [-0.4, -0.2) is 37.7 Å². The Morgan fingerprint density at radius 2 is 1.88 bits per heavy atom. The van der Waals surface area contributed by atoms with Gasteiger partial charge in [-0.15, -0.1) is 0 Å². The van der Waals surface area contributed by atoms with E-state index in [-0.39, 0.29) is 12.1 Å². The van der Waals surface area contributed by atoms with Gasteiger partial charge in [-0.2, -0.15) is 0 Å². The molecule has 0 saturated carbocycles. The van der Waals surface area contributed by atoms with Gasteiger partial charge in [-0.05, 0) is 36.8 Å². The Bertz CT molecular complexity index is 700. The molecule has 5 heteroatoms. The summed E-state index contributed by atoms with van der Waals surface area (Å²) < 4.78 is 10.7. The van der Waals surface area contributed by atoms with Gasteiger partial charge in [-0.3, -0.25) is 4.79 Å². The van der Waals surface area contributed by atoms with E-state index in [1.54, 1.807) is 7.11 Å². The molecule has 0 aliphatic carbocycles. The smallest absolute Gasteiger partial charge is 0.257 e. The van der Waals surface area contributed by atoms with Crippen LogP contribution in [0.25, 0.3) is 0 Å². The van der Waals surface area contributed by atoms with E-state index in [9.17, 15) is 4.79 Å². The molecular weight excluding hydrogens is 304 g/mol. The van der Waals surface area contributed by atoms with Crippen LogP contribution in [0.4, 0.5) is 5.69 Å². The van der Waals surface area contributed by atoms with Crippen molar-refractivity contribution in [2.45, 2.75) is 13.1 Å². The highest BCUT2D eigenvalue weighted by Gasteiger charge is 2.32. The molecule has 0 radical (unpaired) electrons. The quantitative estimate of drug-likeness (QED) is 0.885. The van der Waals surface area contributed by atoms with Crippen molar-refractivity contribution in [3.63, 3.8) is 0 Å². The number of anilines is 1. The van der Waals surface area contributed by atoms with Gasteiger partial charge in [-0.1, -0.05) is 24.3 Å². The predicted molar refractivity (Wildman–Crippen MR) is 93.3 cm³/mol. The van der Waals surface area contributed by atoms with Crippen LogP contribution in [0.3, 0.4) is 0 Å². The number of para-hydroxylation sites is 1. The number of nitrogens with zero attached hydrogens (tertiary/aromatic N) is 1. The first-order chi connectivity index (χ1) is 11.7.